The van der Waals surface area contributed by atoms with Crippen LogP contribution in [0.15, 0.2) is 48.7 Å². The van der Waals surface area contributed by atoms with Gasteiger partial charge in [0.25, 0.3) is 0 Å². The molecule has 3 N–H and O–H groups in total. The molecule has 0 radical (unpaired) electrons. The molecule has 0 bridgehead atoms. The molecule has 1 fully saturated rings. The predicted octanol–water partition coefficient (Wildman–Crippen LogP) is 3.76. The summed E-state index contributed by atoms with van der Waals surface area (Å²) in [4.78, 5) is 5.56. The molecule has 1 saturated heterocycles. The molecule has 2 aromatic carbocycles. The summed E-state index contributed by atoms with van der Waals surface area (Å²) in [5, 5.41) is 14.2. The molecular formula is C22H27N3O3. The number of aromatic nitrogens is 1. The van der Waals surface area contributed by atoms with E-state index in [0.29, 0.717) is 12.4 Å². The van der Waals surface area contributed by atoms with Gasteiger partial charge in [-0.1, -0.05) is 12.1 Å². The van der Waals surface area contributed by atoms with Crippen molar-refractivity contribution < 1.29 is 14.6 Å². The van der Waals surface area contributed by atoms with E-state index in [2.05, 4.69) is 27.3 Å². The molecule has 0 saturated carbocycles. The van der Waals surface area contributed by atoms with E-state index in [9.17, 15) is 5.11 Å². The number of para-hydroxylation sites is 1. The maximum atomic E-state index is 9.62. The molecule has 0 spiro atoms. The van der Waals surface area contributed by atoms with Gasteiger partial charge in [-0.25, -0.2) is 0 Å². The number of aliphatic hydroxyl groups excluding tert-OH is 1. The Balaban J connectivity index is 1.45. The quantitative estimate of drug-likeness (QED) is 0.581. The lowest BCUT2D eigenvalue weighted by Gasteiger charge is -2.29. The topological polar surface area (TPSA) is 69.8 Å². The fourth-order valence-electron chi connectivity index (χ4n) is 3.71. The van der Waals surface area contributed by atoms with Crippen LogP contribution in [0.3, 0.4) is 0 Å². The molecule has 3 aromatic rings. The van der Waals surface area contributed by atoms with Crippen LogP contribution in [0.2, 0.25) is 0 Å². The molecule has 0 atom stereocenters. The zero-order valence-electron chi connectivity index (χ0n) is 16.1. The van der Waals surface area contributed by atoms with Crippen LogP contribution in [0.4, 0.5) is 11.4 Å². The molecule has 1 aliphatic rings. The number of methoxy groups -OCH3 is 1. The minimum Gasteiger partial charge on any atom is -0.491 e. The van der Waals surface area contributed by atoms with Crippen molar-refractivity contribution >= 4 is 22.3 Å². The summed E-state index contributed by atoms with van der Waals surface area (Å²) in [6.07, 6.45) is 3.47. The van der Waals surface area contributed by atoms with Crippen LogP contribution >= 0.6 is 0 Å². The number of hydrogen-bond donors (Lipinski definition) is 3. The van der Waals surface area contributed by atoms with Crippen LogP contribution in [0.25, 0.3) is 10.9 Å². The Kier molecular flexibility index (Phi) is 5.69. The number of nitrogens with one attached hydrogen (secondary N) is 2. The maximum absolute atomic E-state index is 9.62. The summed E-state index contributed by atoms with van der Waals surface area (Å²) in [5.74, 6) is 1.43. The van der Waals surface area contributed by atoms with Crippen LogP contribution in [0, 0.1) is 0 Å². The third-order valence-electron chi connectivity index (χ3n) is 5.27. The van der Waals surface area contributed by atoms with Gasteiger partial charge in [-0.3, -0.25) is 4.90 Å². The van der Waals surface area contributed by atoms with Crippen molar-refractivity contribution in [2.45, 2.75) is 18.9 Å². The predicted molar refractivity (Wildman–Crippen MR) is 112 cm³/mol. The van der Waals surface area contributed by atoms with E-state index in [0.717, 1.165) is 60.5 Å². The van der Waals surface area contributed by atoms with Gasteiger partial charge in [0.05, 0.1) is 18.9 Å². The third kappa shape index (κ3) is 4.08. The average molecular weight is 381 g/mol. The second-order valence-electron chi connectivity index (χ2n) is 7.13. The molecule has 1 aromatic heterocycles. The zero-order valence-corrected chi connectivity index (χ0v) is 16.1. The average Bonchev–Trinajstić information content (AvgIpc) is 3.20. The molecule has 148 valence electrons. The van der Waals surface area contributed by atoms with Crippen molar-refractivity contribution in [2.75, 3.05) is 38.7 Å². The second-order valence-corrected chi connectivity index (χ2v) is 7.13. The summed E-state index contributed by atoms with van der Waals surface area (Å²) >= 11 is 0. The molecule has 1 aliphatic heterocycles. The monoisotopic (exact) mass is 381 g/mol. The molecule has 0 aliphatic carbocycles. The van der Waals surface area contributed by atoms with E-state index in [1.807, 2.05) is 36.5 Å². The smallest absolute Gasteiger partial charge is 0.184 e. The number of hydrogen-bond acceptors (Lipinski definition) is 5. The largest absolute Gasteiger partial charge is 0.491 e. The van der Waals surface area contributed by atoms with E-state index in [4.69, 9.17) is 9.47 Å². The first-order valence-electron chi connectivity index (χ1n) is 9.78. The van der Waals surface area contributed by atoms with Crippen LogP contribution < -0.4 is 14.8 Å². The van der Waals surface area contributed by atoms with Gasteiger partial charge in [-0.15, -0.1) is 0 Å². The third-order valence-corrected chi connectivity index (χ3v) is 5.27. The standard InChI is InChI=1S/C22H27N3O3/c1-27-22-20(24-19-5-2-4-18-17(19)8-11-23-18)6-3-7-21(22)28-15-14-25-12-9-16(26)10-13-25/h2-8,11,16,23-24,26H,9-10,12-15H2,1H3. The highest BCUT2D eigenvalue weighted by Crippen LogP contribution is 2.38. The summed E-state index contributed by atoms with van der Waals surface area (Å²) < 4.78 is 11.7. The SMILES string of the molecule is COc1c(Nc2cccc3[nH]ccc23)cccc1OCCN1CCC(O)CC1. The lowest BCUT2D eigenvalue weighted by molar-refractivity contribution is 0.0753. The van der Waals surface area contributed by atoms with Crippen molar-refractivity contribution in [1.29, 1.82) is 0 Å². The highest BCUT2D eigenvalue weighted by molar-refractivity contribution is 5.94. The summed E-state index contributed by atoms with van der Waals surface area (Å²) in [5.41, 5.74) is 2.97. The van der Waals surface area contributed by atoms with Gasteiger partial charge in [0.15, 0.2) is 11.5 Å². The Morgan fingerprint density at radius 2 is 1.89 bits per heavy atom. The molecule has 2 heterocycles. The van der Waals surface area contributed by atoms with Crippen molar-refractivity contribution in [3.05, 3.63) is 48.7 Å². The molecular weight excluding hydrogens is 354 g/mol. The van der Waals surface area contributed by atoms with E-state index in [1.54, 1.807) is 7.11 Å². The lowest BCUT2D eigenvalue weighted by Crippen LogP contribution is -2.38. The van der Waals surface area contributed by atoms with Gasteiger partial charge in [0, 0.05) is 42.4 Å². The number of rotatable bonds is 7. The lowest BCUT2D eigenvalue weighted by atomic mass is 10.1. The Bertz CT molecular complexity index is 916. The van der Waals surface area contributed by atoms with E-state index < -0.39 is 0 Å². The minimum absolute atomic E-state index is 0.149. The van der Waals surface area contributed by atoms with E-state index in [1.165, 1.54) is 0 Å². The molecule has 4 rings (SSSR count). The van der Waals surface area contributed by atoms with E-state index in [-0.39, 0.29) is 6.10 Å². The number of anilines is 2. The Morgan fingerprint density at radius 3 is 2.71 bits per heavy atom. The van der Waals surface area contributed by atoms with Crippen LogP contribution in [0.5, 0.6) is 11.5 Å². The number of benzene rings is 2. The van der Waals surface area contributed by atoms with Gasteiger partial charge in [-0.05, 0) is 43.2 Å². The number of nitrogens with zero attached hydrogens (tertiary/aromatic N) is 1. The maximum Gasteiger partial charge on any atom is 0.184 e. The number of ether oxygens (including phenoxy) is 2. The molecule has 6 heteroatoms. The number of fused-ring (bicyclic) bond motifs is 1. The normalized spacial score (nSPS) is 15.6. The van der Waals surface area contributed by atoms with E-state index >= 15 is 0 Å². The Hall–Kier alpha value is -2.70. The second kappa shape index (κ2) is 8.54. The molecule has 28 heavy (non-hydrogen) atoms. The zero-order chi connectivity index (χ0) is 19.3. The van der Waals surface area contributed by atoms with Crippen LogP contribution in [-0.4, -0.2) is 54.4 Å². The molecule has 0 unspecified atom stereocenters. The first-order chi connectivity index (χ1) is 13.7. The fourth-order valence-corrected chi connectivity index (χ4v) is 3.71. The van der Waals surface area contributed by atoms with Crippen LogP contribution in [-0.2, 0) is 0 Å². The fraction of sp³-hybridized carbons (Fsp3) is 0.364. The number of piperidine rings is 1. The van der Waals surface area contributed by atoms with Gasteiger partial charge in [0.1, 0.15) is 6.61 Å². The molecule has 0 amide bonds. The highest BCUT2D eigenvalue weighted by Gasteiger charge is 2.17. The van der Waals surface area contributed by atoms with Gasteiger partial charge < -0.3 is 24.9 Å². The summed E-state index contributed by atoms with van der Waals surface area (Å²) in [6.45, 7) is 3.27. The number of likely N-dealkylation sites (tertiary alicyclic amines) is 1. The van der Waals surface area contributed by atoms with Crippen molar-refractivity contribution in [1.82, 2.24) is 9.88 Å². The highest BCUT2D eigenvalue weighted by atomic mass is 16.5. The molecule has 6 nitrogen and oxygen atoms in total. The van der Waals surface area contributed by atoms with Crippen molar-refractivity contribution in [3.8, 4) is 11.5 Å². The van der Waals surface area contributed by atoms with Crippen molar-refractivity contribution in [3.63, 3.8) is 0 Å². The minimum atomic E-state index is -0.149. The number of H-pyrrole nitrogens is 1. The Morgan fingerprint density at radius 1 is 1.11 bits per heavy atom. The number of aromatic amines is 1. The summed E-state index contributed by atoms with van der Waals surface area (Å²) in [7, 11) is 1.66. The van der Waals surface area contributed by atoms with Crippen molar-refractivity contribution in [2.24, 2.45) is 0 Å². The Labute approximate surface area is 165 Å². The van der Waals surface area contributed by atoms with Gasteiger partial charge >= 0.3 is 0 Å². The first kappa shape index (κ1) is 18.7. The first-order valence-corrected chi connectivity index (χ1v) is 9.78. The number of aliphatic hydroxyl groups is 1. The summed E-state index contributed by atoms with van der Waals surface area (Å²) in [6, 6.07) is 14.1. The van der Waals surface area contributed by atoms with Crippen LogP contribution in [0.1, 0.15) is 12.8 Å². The van der Waals surface area contributed by atoms with Gasteiger partial charge in [-0.2, -0.15) is 0 Å². The van der Waals surface area contributed by atoms with Gasteiger partial charge in [0.2, 0.25) is 0 Å².